The molecule has 1 heterocycles. The Labute approximate surface area is 223 Å². The van der Waals surface area contributed by atoms with Gasteiger partial charge in [-0.15, -0.1) is 0 Å². The molecule has 3 amide bonds. The van der Waals surface area contributed by atoms with Crippen LogP contribution in [-0.2, 0) is 19.1 Å². The predicted molar refractivity (Wildman–Crippen MR) is 143 cm³/mol. The first-order valence-electron chi connectivity index (χ1n) is 12.3. The van der Waals surface area contributed by atoms with Gasteiger partial charge in [0.15, 0.2) is 0 Å². The Morgan fingerprint density at radius 1 is 1.03 bits per heavy atom. The molecule has 2 atom stereocenters. The molecule has 0 saturated carbocycles. The van der Waals surface area contributed by atoms with E-state index in [4.69, 9.17) is 21.7 Å². The van der Waals surface area contributed by atoms with Crippen LogP contribution in [0.2, 0.25) is 0 Å². The number of nitrogens with zero attached hydrogens (tertiary/aromatic N) is 2. The summed E-state index contributed by atoms with van der Waals surface area (Å²) in [6.45, 7) is 4.19. The fourth-order valence-electron chi connectivity index (χ4n) is 3.80. The molecule has 2 unspecified atom stereocenters. The quantitative estimate of drug-likeness (QED) is 0.119. The van der Waals surface area contributed by atoms with Crippen LogP contribution < -0.4 is 0 Å². The Kier molecular flexibility index (Phi) is 11.5. The molecule has 0 fully saturated rings. The van der Waals surface area contributed by atoms with Gasteiger partial charge in [0.2, 0.25) is 4.38 Å². The van der Waals surface area contributed by atoms with E-state index < -0.39 is 11.5 Å². The molecule has 1 aromatic rings. The number of benzene rings is 1. The van der Waals surface area contributed by atoms with Crippen molar-refractivity contribution < 1.29 is 33.1 Å². The lowest BCUT2D eigenvalue weighted by atomic mass is 10.1. The third-order valence-electron chi connectivity index (χ3n) is 5.75. The van der Waals surface area contributed by atoms with Crippen molar-refractivity contribution in [3.8, 4) is 0 Å². The summed E-state index contributed by atoms with van der Waals surface area (Å²) in [6.07, 6.45) is 2.93. The number of hydrogen-bond donors (Lipinski definition) is 0. The minimum Gasteiger partial charge on any atom is -0.479 e. The molecule has 0 radical (unpaired) electrons. The fraction of sp³-hybridized carbons (Fsp3) is 0.577. The fourth-order valence-corrected chi connectivity index (χ4v) is 5.24. The molecule has 0 spiro atoms. The van der Waals surface area contributed by atoms with Crippen LogP contribution in [0.1, 0.15) is 79.5 Å². The predicted octanol–water partition coefficient (Wildman–Crippen LogP) is 4.56. The van der Waals surface area contributed by atoms with Gasteiger partial charge in [-0.05, 0) is 57.0 Å². The second-order valence-electron chi connectivity index (χ2n) is 9.54. The summed E-state index contributed by atoms with van der Waals surface area (Å²) in [4.78, 5) is 52.0. The number of amides is 3. The van der Waals surface area contributed by atoms with Gasteiger partial charge in [-0.25, -0.2) is 4.79 Å². The zero-order valence-corrected chi connectivity index (χ0v) is 23.4. The van der Waals surface area contributed by atoms with Gasteiger partial charge in [0.1, 0.15) is 12.5 Å². The molecule has 10 heteroatoms. The van der Waals surface area contributed by atoms with E-state index in [2.05, 4.69) is 0 Å². The molecule has 0 N–H and O–H groups in total. The van der Waals surface area contributed by atoms with Gasteiger partial charge in [0.25, 0.3) is 11.8 Å². The van der Waals surface area contributed by atoms with Crippen LogP contribution in [0.4, 0.5) is 0 Å². The Morgan fingerprint density at radius 2 is 1.64 bits per heavy atom. The minimum absolute atomic E-state index is 0.00678. The lowest BCUT2D eigenvalue weighted by Crippen LogP contribution is -2.43. The minimum atomic E-state index is -0.539. The van der Waals surface area contributed by atoms with Crippen LogP contribution in [0.25, 0.3) is 0 Å². The Morgan fingerprint density at radius 3 is 2.17 bits per heavy atom. The van der Waals surface area contributed by atoms with E-state index in [0.717, 1.165) is 6.42 Å². The number of imide groups is 1. The summed E-state index contributed by atoms with van der Waals surface area (Å²) in [5, 5.41) is -0.539. The third kappa shape index (κ3) is 8.38. The number of carbonyl (C=O) groups excluding carboxylic acids is 4. The highest BCUT2D eigenvalue weighted by Gasteiger charge is 2.40. The summed E-state index contributed by atoms with van der Waals surface area (Å²) in [5.41, 5.74) is 0.758. The summed E-state index contributed by atoms with van der Waals surface area (Å²) < 4.78 is 11.4. The van der Waals surface area contributed by atoms with Crippen LogP contribution in [0.3, 0.4) is 0 Å². The second-order valence-corrected chi connectivity index (χ2v) is 11.3. The van der Waals surface area contributed by atoms with Crippen LogP contribution in [0, 0.1) is 0 Å². The number of thioether (sulfide) groups is 1. The highest BCUT2D eigenvalue weighted by molar-refractivity contribution is 8.23. The van der Waals surface area contributed by atoms with Crippen molar-refractivity contribution in [3.05, 3.63) is 35.4 Å². The van der Waals surface area contributed by atoms with Crippen LogP contribution in [-0.4, -0.2) is 76.7 Å². The topological polar surface area (TPSA) is 90.0 Å². The maximum Gasteiger partial charge on any atom is 0.316 e. The van der Waals surface area contributed by atoms with Gasteiger partial charge < -0.3 is 9.47 Å². The van der Waals surface area contributed by atoms with Gasteiger partial charge in [-0.3, -0.25) is 23.8 Å². The summed E-state index contributed by atoms with van der Waals surface area (Å²) in [6, 6.07) is 6.74. The van der Waals surface area contributed by atoms with Crippen LogP contribution in [0.5, 0.6) is 0 Å². The molecule has 0 aromatic heterocycles. The standard InChI is InChI=1S/C26H37N2O6S2/c1-6-12-18(17-22(29)28(3,4)5)34-23(30)16-11-10-15-21(36-26(35)33-7-2)27-24(31)19-13-8-9-14-20(19)25(27)32/h8-9,13-14,18,21H,6-7,10-12,15-17H2,1-5H3/q+1. The van der Waals surface area contributed by atoms with Crippen molar-refractivity contribution in [3.63, 3.8) is 0 Å². The first-order valence-corrected chi connectivity index (χ1v) is 13.6. The lowest BCUT2D eigenvalue weighted by Gasteiger charge is -2.25. The lowest BCUT2D eigenvalue weighted by molar-refractivity contribution is -0.792. The van der Waals surface area contributed by atoms with Crippen molar-refractivity contribution in [2.24, 2.45) is 0 Å². The van der Waals surface area contributed by atoms with Crippen molar-refractivity contribution in [2.45, 2.75) is 70.3 Å². The molecule has 0 bridgehead atoms. The van der Waals surface area contributed by atoms with Crippen molar-refractivity contribution in [1.82, 2.24) is 4.90 Å². The SMILES string of the molecule is CCCC(CC(=O)[N+](C)(C)C)OC(=O)CCCCC(SC(=S)OCC)N1C(=O)c2ccccc2C1=O. The van der Waals surface area contributed by atoms with Crippen molar-refractivity contribution in [2.75, 3.05) is 27.7 Å². The number of hydrogen-bond acceptors (Lipinski definition) is 8. The van der Waals surface area contributed by atoms with E-state index in [1.165, 1.54) is 16.7 Å². The zero-order valence-electron chi connectivity index (χ0n) is 21.8. The first-order chi connectivity index (χ1) is 17.0. The molecule has 1 aliphatic heterocycles. The van der Waals surface area contributed by atoms with E-state index in [9.17, 15) is 19.2 Å². The summed E-state index contributed by atoms with van der Waals surface area (Å²) in [5.74, 6) is -1.04. The van der Waals surface area contributed by atoms with Gasteiger partial charge >= 0.3 is 11.9 Å². The van der Waals surface area contributed by atoms with Crippen molar-refractivity contribution in [1.29, 1.82) is 0 Å². The molecule has 0 aliphatic carbocycles. The van der Waals surface area contributed by atoms with E-state index in [1.54, 1.807) is 45.4 Å². The van der Waals surface area contributed by atoms with Crippen LogP contribution >= 0.6 is 24.0 Å². The summed E-state index contributed by atoms with van der Waals surface area (Å²) >= 11 is 6.44. The number of esters is 1. The van der Waals surface area contributed by atoms with Crippen molar-refractivity contribution >= 4 is 52.1 Å². The summed E-state index contributed by atoms with van der Waals surface area (Å²) in [7, 11) is 5.40. The average Bonchev–Trinajstić information content (AvgIpc) is 3.06. The van der Waals surface area contributed by atoms with Gasteiger partial charge in [0, 0.05) is 6.42 Å². The Balaban J connectivity index is 1.95. The van der Waals surface area contributed by atoms with E-state index >= 15 is 0 Å². The second kappa shape index (κ2) is 13.9. The molecule has 0 saturated heterocycles. The van der Waals surface area contributed by atoms with Gasteiger partial charge in [-0.2, -0.15) is 0 Å². The molecule has 36 heavy (non-hydrogen) atoms. The molecule has 1 aliphatic rings. The van der Waals surface area contributed by atoms with Gasteiger partial charge in [0.05, 0.1) is 44.3 Å². The van der Waals surface area contributed by atoms with E-state index in [-0.39, 0.29) is 45.4 Å². The number of rotatable bonds is 13. The maximum absolute atomic E-state index is 13.0. The Hall–Kier alpha value is -2.30. The Bertz CT molecular complexity index is 940. The highest BCUT2D eigenvalue weighted by atomic mass is 32.2. The molecular weight excluding hydrogens is 500 g/mol. The number of thiocarbonyl (C=S) groups is 1. The molecule has 8 nitrogen and oxygen atoms in total. The molecule has 1 aromatic carbocycles. The number of quaternary nitrogens is 1. The monoisotopic (exact) mass is 537 g/mol. The number of carbonyl (C=O) groups is 4. The largest absolute Gasteiger partial charge is 0.479 e. The smallest absolute Gasteiger partial charge is 0.316 e. The third-order valence-corrected chi connectivity index (χ3v) is 7.18. The normalized spacial score (nSPS) is 14.9. The number of unbranched alkanes of at least 4 members (excludes halogenated alkanes) is 1. The van der Waals surface area contributed by atoms with E-state index in [0.29, 0.717) is 43.4 Å². The number of ether oxygens (including phenoxy) is 2. The molecule has 2 rings (SSSR count). The average molecular weight is 538 g/mol. The molecular formula is C26H37N2O6S2+. The number of fused-ring (bicyclic) bond motifs is 1. The zero-order chi connectivity index (χ0) is 26.9. The van der Waals surface area contributed by atoms with Gasteiger partial charge in [-0.1, -0.05) is 37.2 Å². The maximum atomic E-state index is 13.0. The molecule has 198 valence electrons. The first kappa shape index (κ1) is 29.9. The van der Waals surface area contributed by atoms with E-state index in [1.807, 2.05) is 13.8 Å². The highest BCUT2D eigenvalue weighted by Crippen LogP contribution is 2.32. The van der Waals surface area contributed by atoms with Crippen LogP contribution in [0.15, 0.2) is 24.3 Å².